The molecule has 0 amide bonds. The van der Waals surface area contributed by atoms with Gasteiger partial charge < -0.3 is 4.57 Å². The number of benzene rings is 6. The number of nitrogens with zero attached hydrogens (tertiary/aromatic N) is 5. The molecule has 5 heteroatoms. The van der Waals surface area contributed by atoms with E-state index in [1.165, 1.54) is 27.2 Å². The monoisotopic (exact) mass is 727 g/mol. The minimum atomic E-state index is 0.899. The summed E-state index contributed by atoms with van der Waals surface area (Å²) in [6.07, 6.45) is 7.22. The van der Waals surface area contributed by atoms with Gasteiger partial charge in [-0.1, -0.05) is 103 Å². The van der Waals surface area contributed by atoms with Gasteiger partial charge in [0.05, 0.1) is 33.6 Å². The number of pyridine rings is 4. The Morgan fingerprint density at radius 1 is 0.333 bits per heavy atom. The molecule has 0 saturated heterocycles. The van der Waals surface area contributed by atoms with Crippen LogP contribution >= 0.6 is 0 Å². The van der Waals surface area contributed by atoms with E-state index in [1.54, 1.807) is 24.8 Å². The predicted octanol–water partition coefficient (Wildman–Crippen LogP) is 13.0. The molecule has 0 radical (unpaired) electrons. The maximum Gasteiger partial charge on any atom is 0.0788 e. The van der Waals surface area contributed by atoms with Gasteiger partial charge in [0.2, 0.25) is 0 Å². The molecular formula is C52H33N5. The number of fused-ring (bicyclic) bond motifs is 7. The van der Waals surface area contributed by atoms with Gasteiger partial charge >= 0.3 is 0 Å². The summed E-state index contributed by atoms with van der Waals surface area (Å²) < 4.78 is 2.38. The van der Waals surface area contributed by atoms with Crippen molar-refractivity contribution in [2.24, 2.45) is 0 Å². The van der Waals surface area contributed by atoms with E-state index < -0.39 is 0 Å². The summed E-state index contributed by atoms with van der Waals surface area (Å²) in [5.41, 5.74) is 14.9. The maximum atomic E-state index is 5.36. The molecule has 0 atom stereocenters. The highest BCUT2D eigenvalue weighted by molar-refractivity contribution is 6.29. The lowest BCUT2D eigenvalue weighted by Gasteiger charge is -2.14. The molecule has 266 valence electrons. The third-order valence-corrected chi connectivity index (χ3v) is 11.0. The second kappa shape index (κ2) is 13.5. The largest absolute Gasteiger partial charge is 0.309 e. The smallest absolute Gasteiger partial charge is 0.0788 e. The molecule has 5 aromatic heterocycles. The summed E-state index contributed by atoms with van der Waals surface area (Å²) in [4.78, 5) is 18.8. The van der Waals surface area contributed by atoms with E-state index in [-0.39, 0.29) is 0 Å². The van der Waals surface area contributed by atoms with Crippen molar-refractivity contribution < 1.29 is 0 Å². The van der Waals surface area contributed by atoms with Crippen molar-refractivity contribution >= 4 is 43.5 Å². The number of hydrogen-bond acceptors (Lipinski definition) is 4. The molecule has 5 nitrogen and oxygen atoms in total. The van der Waals surface area contributed by atoms with Crippen molar-refractivity contribution in [3.8, 4) is 61.7 Å². The minimum absolute atomic E-state index is 0.899. The zero-order chi connectivity index (χ0) is 37.7. The first-order valence-electron chi connectivity index (χ1n) is 19.1. The summed E-state index contributed by atoms with van der Waals surface area (Å²) in [5.74, 6) is 0. The Bertz CT molecular complexity index is 3210. The van der Waals surface area contributed by atoms with Gasteiger partial charge in [-0.25, -0.2) is 9.97 Å². The number of para-hydroxylation sites is 3. The fourth-order valence-corrected chi connectivity index (χ4v) is 8.32. The molecule has 0 unspecified atom stereocenters. The standard InChI is InChI=1S/C52H33N5/c1-2-11-41(12-3-1)57-48-16-7-5-14-43(48)51-49(57)22-21-44-50(51)42-13-4-6-15-45(42)56-52(44)39-10-8-9-38(31-39)34-17-19-35(20-18-34)40-32-46(36-23-27-53-28-24-36)55-47(33-40)37-25-29-54-30-26-37/h1-33H. The first-order chi connectivity index (χ1) is 28.3. The van der Waals surface area contributed by atoms with Crippen LogP contribution in [-0.2, 0) is 0 Å². The van der Waals surface area contributed by atoms with E-state index in [0.29, 0.717) is 0 Å². The first-order valence-corrected chi connectivity index (χ1v) is 19.1. The maximum absolute atomic E-state index is 5.36. The summed E-state index contributed by atoms with van der Waals surface area (Å²) in [6.45, 7) is 0. The normalized spacial score (nSPS) is 11.5. The molecule has 0 saturated carbocycles. The van der Waals surface area contributed by atoms with Gasteiger partial charge in [-0.05, 0) is 95.1 Å². The van der Waals surface area contributed by atoms with Crippen LogP contribution in [0.2, 0.25) is 0 Å². The molecular weight excluding hydrogens is 695 g/mol. The van der Waals surface area contributed by atoms with Crippen LogP contribution in [0.3, 0.4) is 0 Å². The Hall–Kier alpha value is -7.76. The SMILES string of the molecule is c1ccc(-n2c3ccccc3c3c4c(ccc32)c(-c2cccc(-c3ccc(-c5cc(-c6ccncc6)nc(-c6ccncc6)c5)cc3)c2)nc2ccccc24)cc1. The second-order valence-corrected chi connectivity index (χ2v) is 14.3. The molecule has 0 bridgehead atoms. The lowest BCUT2D eigenvalue weighted by Crippen LogP contribution is -1.94. The highest BCUT2D eigenvalue weighted by atomic mass is 15.0. The lowest BCUT2D eigenvalue weighted by atomic mass is 9.94. The van der Waals surface area contributed by atoms with Crippen LogP contribution in [-0.4, -0.2) is 24.5 Å². The van der Waals surface area contributed by atoms with Crippen LogP contribution in [0.5, 0.6) is 0 Å². The van der Waals surface area contributed by atoms with Crippen LogP contribution in [0.15, 0.2) is 201 Å². The van der Waals surface area contributed by atoms with Gasteiger partial charge in [-0.15, -0.1) is 0 Å². The molecule has 0 fully saturated rings. The average Bonchev–Trinajstić information content (AvgIpc) is 3.64. The van der Waals surface area contributed by atoms with E-state index >= 15 is 0 Å². The van der Waals surface area contributed by atoms with E-state index in [1.807, 2.05) is 24.3 Å². The van der Waals surface area contributed by atoms with Crippen molar-refractivity contribution in [3.63, 3.8) is 0 Å². The summed E-state index contributed by atoms with van der Waals surface area (Å²) in [6, 6.07) is 62.4. The molecule has 57 heavy (non-hydrogen) atoms. The van der Waals surface area contributed by atoms with Crippen LogP contribution < -0.4 is 0 Å². The number of aromatic nitrogens is 5. The lowest BCUT2D eigenvalue weighted by molar-refractivity contribution is 1.18. The first kappa shape index (κ1) is 32.7. The average molecular weight is 728 g/mol. The van der Waals surface area contributed by atoms with Gasteiger partial charge in [0.25, 0.3) is 0 Å². The molecule has 11 rings (SSSR count). The molecule has 0 aliphatic carbocycles. The van der Waals surface area contributed by atoms with Crippen LogP contribution in [0.4, 0.5) is 0 Å². The van der Waals surface area contributed by atoms with Crippen LogP contribution in [0.25, 0.3) is 105 Å². The third-order valence-electron chi connectivity index (χ3n) is 11.0. The zero-order valence-electron chi connectivity index (χ0n) is 30.8. The topological polar surface area (TPSA) is 56.5 Å². The molecule has 5 heterocycles. The molecule has 0 aliphatic heterocycles. The molecule has 6 aromatic carbocycles. The number of rotatable bonds is 6. The zero-order valence-corrected chi connectivity index (χ0v) is 30.8. The summed E-state index contributed by atoms with van der Waals surface area (Å²) in [5, 5.41) is 5.99. The van der Waals surface area contributed by atoms with E-state index in [9.17, 15) is 0 Å². The van der Waals surface area contributed by atoms with Crippen LogP contribution in [0, 0.1) is 0 Å². The van der Waals surface area contributed by atoms with E-state index in [0.717, 1.165) is 78.0 Å². The summed E-state index contributed by atoms with van der Waals surface area (Å²) >= 11 is 0. The van der Waals surface area contributed by atoms with E-state index in [2.05, 4.69) is 166 Å². The summed E-state index contributed by atoms with van der Waals surface area (Å²) in [7, 11) is 0. The van der Waals surface area contributed by atoms with Crippen molar-refractivity contribution in [1.29, 1.82) is 0 Å². The van der Waals surface area contributed by atoms with Gasteiger partial charge in [0.15, 0.2) is 0 Å². The van der Waals surface area contributed by atoms with Crippen molar-refractivity contribution in [2.45, 2.75) is 0 Å². The molecule has 0 N–H and O–H groups in total. The predicted molar refractivity (Wildman–Crippen MR) is 234 cm³/mol. The Morgan fingerprint density at radius 3 is 1.67 bits per heavy atom. The van der Waals surface area contributed by atoms with Gasteiger partial charge in [-0.2, -0.15) is 0 Å². The van der Waals surface area contributed by atoms with Crippen molar-refractivity contribution in [2.75, 3.05) is 0 Å². The van der Waals surface area contributed by atoms with Gasteiger partial charge in [-0.3, -0.25) is 9.97 Å². The molecule has 0 aliphatic rings. The highest BCUT2D eigenvalue weighted by Crippen LogP contribution is 2.43. The molecule has 0 spiro atoms. The Kier molecular flexibility index (Phi) is 7.74. The Morgan fingerprint density at radius 2 is 0.947 bits per heavy atom. The third kappa shape index (κ3) is 5.64. The van der Waals surface area contributed by atoms with Gasteiger partial charge in [0, 0.05) is 74.1 Å². The van der Waals surface area contributed by atoms with E-state index in [4.69, 9.17) is 9.97 Å². The van der Waals surface area contributed by atoms with Crippen molar-refractivity contribution in [3.05, 3.63) is 201 Å². The van der Waals surface area contributed by atoms with Gasteiger partial charge in [0.1, 0.15) is 0 Å². The highest BCUT2D eigenvalue weighted by Gasteiger charge is 2.19. The Labute approximate surface area is 329 Å². The second-order valence-electron chi connectivity index (χ2n) is 14.3. The number of hydrogen-bond donors (Lipinski definition) is 0. The van der Waals surface area contributed by atoms with Crippen molar-refractivity contribution in [1.82, 2.24) is 24.5 Å². The fraction of sp³-hybridized carbons (Fsp3) is 0. The minimum Gasteiger partial charge on any atom is -0.309 e. The Balaban J connectivity index is 1.04. The quantitative estimate of drug-likeness (QED) is 0.160. The molecule has 11 aromatic rings. The fourth-order valence-electron chi connectivity index (χ4n) is 8.32. The van der Waals surface area contributed by atoms with Crippen LogP contribution in [0.1, 0.15) is 0 Å².